The van der Waals surface area contributed by atoms with Crippen LogP contribution in [-0.4, -0.2) is 26.6 Å². The maximum absolute atomic E-state index is 11.8. The Morgan fingerprint density at radius 2 is 2.16 bits per heavy atom. The van der Waals surface area contributed by atoms with Gasteiger partial charge in [-0.3, -0.25) is 14.8 Å². The van der Waals surface area contributed by atoms with Crippen molar-refractivity contribution in [2.75, 3.05) is 0 Å². The summed E-state index contributed by atoms with van der Waals surface area (Å²) in [6.07, 6.45) is 6.32. The first-order valence-corrected chi connectivity index (χ1v) is 5.83. The molecular weight excluding hydrogens is 266 g/mol. The first-order chi connectivity index (χ1) is 9.24. The van der Waals surface area contributed by atoms with Gasteiger partial charge < -0.3 is 4.98 Å². The van der Waals surface area contributed by atoms with Crippen LogP contribution in [0.4, 0.5) is 0 Å². The fraction of sp³-hybridized carbons (Fsp3) is 0. The van der Waals surface area contributed by atoms with E-state index in [2.05, 4.69) is 25.5 Å². The summed E-state index contributed by atoms with van der Waals surface area (Å²) in [6, 6.07) is 3.48. The highest BCUT2D eigenvalue weighted by molar-refractivity contribution is 6.32. The summed E-state index contributed by atoms with van der Waals surface area (Å²) in [4.78, 5) is 22.8. The molecule has 2 aromatic rings. The number of rotatable bonds is 2. The van der Waals surface area contributed by atoms with Crippen molar-refractivity contribution in [3.63, 3.8) is 0 Å². The lowest BCUT2D eigenvalue weighted by molar-refractivity contribution is -0.116. The number of H-pyrrole nitrogens is 1. The standard InChI is InChI=1S/C12H8ClN5O/c13-10-2-1-7(16-10)5-8-11(17-18-12(8)19)9-6-14-3-4-15-9/h1-6,16H,(H,18,19). The first kappa shape index (κ1) is 11.6. The zero-order valence-corrected chi connectivity index (χ0v) is 10.3. The Hall–Kier alpha value is -2.47. The highest BCUT2D eigenvalue weighted by atomic mass is 35.5. The third kappa shape index (κ3) is 2.25. The van der Waals surface area contributed by atoms with E-state index in [0.29, 0.717) is 27.8 Å². The molecule has 1 amide bonds. The van der Waals surface area contributed by atoms with Gasteiger partial charge in [0.25, 0.3) is 5.91 Å². The molecule has 1 aliphatic heterocycles. The molecule has 3 rings (SSSR count). The molecule has 7 heteroatoms. The first-order valence-electron chi connectivity index (χ1n) is 5.45. The molecule has 0 fully saturated rings. The number of aromatic amines is 1. The molecule has 0 atom stereocenters. The van der Waals surface area contributed by atoms with Crippen LogP contribution in [0.3, 0.4) is 0 Å². The Morgan fingerprint density at radius 1 is 1.26 bits per heavy atom. The van der Waals surface area contributed by atoms with Crippen molar-refractivity contribution in [1.29, 1.82) is 0 Å². The molecule has 0 aliphatic carbocycles. The summed E-state index contributed by atoms with van der Waals surface area (Å²) in [5.74, 6) is -0.286. The van der Waals surface area contributed by atoms with Crippen molar-refractivity contribution in [2.24, 2.45) is 5.10 Å². The van der Waals surface area contributed by atoms with Crippen LogP contribution in [-0.2, 0) is 4.79 Å². The van der Waals surface area contributed by atoms with Crippen LogP contribution in [0.5, 0.6) is 0 Å². The van der Waals surface area contributed by atoms with E-state index in [1.54, 1.807) is 36.8 Å². The lowest BCUT2D eigenvalue weighted by Gasteiger charge is -1.99. The van der Waals surface area contributed by atoms with Crippen molar-refractivity contribution in [3.05, 3.63) is 52.8 Å². The molecular formula is C12H8ClN5O. The third-order valence-corrected chi connectivity index (χ3v) is 2.77. The predicted octanol–water partition coefficient (Wildman–Crippen LogP) is 1.38. The van der Waals surface area contributed by atoms with Gasteiger partial charge in [0.15, 0.2) is 0 Å². The Morgan fingerprint density at radius 3 is 2.84 bits per heavy atom. The maximum atomic E-state index is 11.8. The Bertz CT molecular complexity index is 689. The minimum absolute atomic E-state index is 0.286. The van der Waals surface area contributed by atoms with E-state index in [-0.39, 0.29) is 5.91 Å². The molecule has 19 heavy (non-hydrogen) atoms. The molecule has 2 aromatic heterocycles. The van der Waals surface area contributed by atoms with Crippen LogP contribution in [0, 0.1) is 0 Å². The minimum atomic E-state index is -0.286. The molecule has 3 heterocycles. The van der Waals surface area contributed by atoms with Crippen LogP contribution in [0.15, 0.2) is 41.4 Å². The van der Waals surface area contributed by atoms with Crippen molar-refractivity contribution >= 4 is 29.3 Å². The topological polar surface area (TPSA) is 83.0 Å². The Kier molecular flexibility index (Phi) is 2.85. The van der Waals surface area contributed by atoms with Gasteiger partial charge in [0.1, 0.15) is 16.6 Å². The van der Waals surface area contributed by atoms with E-state index >= 15 is 0 Å². The number of nitrogens with one attached hydrogen (secondary N) is 2. The highest BCUT2D eigenvalue weighted by Gasteiger charge is 2.25. The summed E-state index contributed by atoms with van der Waals surface area (Å²) in [5.41, 5.74) is 4.54. The zero-order chi connectivity index (χ0) is 13.2. The summed E-state index contributed by atoms with van der Waals surface area (Å²) in [5, 5.41) is 4.47. The number of hydrogen-bond donors (Lipinski definition) is 2. The van der Waals surface area contributed by atoms with E-state index in [4.69, 9.17) is 11.6 Å². The fourth-order valence-electron chi connectivity index (χ4n) is 1.71. The molecule has 6 nitrogen and oxygen atoms in total. The van der Waals surface area contributed by atoms with Crippen LogP contribution < -0.4 is 5.43 Å². The smallest absolute Gasteiger partial charge is 0.273 e. The van der Waals surface area contributed by atoms with Crippen LogP contribution in [0.25, 0.3) is 6.08 Å². The number of carbonyl (C=O) groups is 1. The van der Waals surface area contributed by atoms with Gasteiger partial charge in [-0.25, -0.2) is 5.43 Å². The van der Waals surface area contributed by atoms with Gasteiger partial charge in [0.05, 0.1) is 11.8 Å². The monoisotopic (exact) mass is 273 g/mol. The van der Waals surface area contributed by atoms with E-state index in [0.717, 1.165) is 0 Å². The molecule has 0 bridgehead atoms. The second kappa shape index (κ2) is 4.66. The largest absolute Gasteiger partial charge is 0.346 e. The van der Waals surface area contributed by atoms with Gasteiger partial charge in [-0.1, -0.05) is 11.6 Å². The lowest BCUT2D eigenvalue weighted by atomic mass is 10.1. The van der Waals surface area contributed by atoms with Crippen molar-refractivity contribution in [3.8, 4) is 0 Å². The van der Waals surface area contributed by atoms with Crippen LogP contribution in [0.2, 0.25) is 5.15 Å². The van der Waals surface area contributed by atoms with Gasteiger partial charge in [0.2, 0.25) is 0 Å². The minimum Gasteiger partial charge on any atom is -0.346 e. The van der Waals surface area contributed by atoms with Gasteiger partial charge in [-0.2, -0.15) is 5.10 Å². The van der Waals surface area contributed by atoms with Gasteiger partial charge in [-0.15, -0.1) is 0 Å². The van der Waals surface area contributed by atoms with E-state index in [1.807, 2.05) is 0 Å². The van der Waals surface area contributed by atoms with E-state index < -0.39 is 0 Å². The molecule has 0 saturated heterocycles. The Labute approximate surface area is 113 Å². The molecule has 2 N–H and O–H groups in total. The SMILES string of the molecule is O=C1NN=C(c2cnccn2)C1=Cc1ccc(Cl)[nH]1. The summed E-state index contributed by atoms with van der Waals surface area (Å²) in [7, 11) is 0. The Balaban J connectivity index is 2.01. The average Bonchev–Trinajstić information content (AvgIpc) is 2.99. The average molecular weight is 274 g/mol. The second-order valence-electron chi connectivity index (χ2n) is 3.81. The summed E-state index contributed by atoms with van der Waals surface area (Å²) < 4.78 is 0. The molecule has 0 radical (unpaired) electrons. The number of nitrogens with zero attached hydrogens (tertiary/aromatic N) is 3. The number of halogens is 1. The van der Waals surface area contributed by atoms with Crippen molar-refractivity contribution in [2.45, 2.75) is 0 Å². The van der Waals surface area contributed by atoms with E-state index in [9.17, 15) is 4.79 Å². The molecule has 94 valence electrons. The number of carbonyl (C=O) groups excluding carboxylic acids is 1. The number of aromatic nitrogens is 3. The normalized spacial score (nSPS) is 16.6. The lowest BCUT2D eigenvalue weighted by Crippen LogP contribution is -2.14. The molecule has 0 spiro atoms. The maximum Gasteiger partial charge on any atom is 0.273 e. The quantitative estimate of drug-likeness (QED) is 0.811. The molecule has 1 aliphatic rings. The zero-order valence-electron chi connectivity index (χ0n) is 9.59. The van der Waals surface area contributed by atoms with Crippen molar-refractivity contribution < 1.29 is 4.79 Å². The summed E-state index contributed by atoms with van der Waals surface area (Å²) >= 11 is 5.80. The van der Waals surface area contributed by atoms with E-state index in [1.165, 1.54) is 0 Å². The van der Waals surface area contributed by atoms with Gasteiger partial charge >= 0.3 is 0 Å². The van der Waals surface area contributed by atoms with Gasteiger partial charge in [-0.05, 0) is 18.2 Å². The van der Waals surface area contributed by atoms with Crippen LogP contribution in [0.1, 0.15) is 11.4 Å². The van der Waals surface area contributed by atoms with Crippen molar-refractivity contribution in [1.82, 2.24) is 20.4 Å². The van der Waals surface area contributed by atoms with Crippen LogP contribution >= 0.6 is 11.6 Å². The molecule has 0 aromatic carbocycles. The van der Waals surface area contributed by atoms with Gasteiger partial charge in [0, 0.05) is 18.1 Å². The highest BCUT2D eigenvalue weighted by Crippen LogP contribution is 2.17. The third-order valence-electron chi connectivity index (χ3n) is 2.55. The molecule has 0 saturated carbocycles. The second-order valence-corrected chi connectivity index (χ2v) is 4.22. The number of hydrazone groups is 1. The summed E-state index contributed by atoms with van der Waals surface area (Å²) in [6.45, 7) is 0. The molecule has 0 unspecified atom stereocenters. The number of hydrogen-bond acceptors (Lipinski definition) is 4. The number of amides is 1. The fourth-order valence-corrected chi connectivity index (χ4v) is 1.88. The predicted molar refractivity (Wildman–Crippen MR) is 70.5 cm³/mol.